The van der Waals surface area contributed by atoms with Gasteiger partial charge in [-0.25, -0.2) is 9.78 Å². The number of pyridine rings is 2. The Morgan fingerprint density at radius 3 is 2.83 bits per heavy atom. The maximum Gasteiger partial charge on any atom is 0.341 e. The highest BCUT2D eigenvalue weighted by atomic mass is 32.1. The summed E-state index contributed by atoms with van der Waals surface area (Å²) in [5.74, 6) is -0.119. The number of fused-ring (bicyclic) bond motifs is 1. The van der Waals surface area contributed by atoms with E-state index in [4.69, 9.17) is 14.5 Å². The average molecular weight is 571 g/mol. The lowest BCUT2D eigenvalue weighted by atomic mass is 9.90. The van der Waals surface area contributed by atoms with Gasteiger partial charge in [0.05, 0.1) is 17.4 Å². The van der Waals surface area contributed by atoms with Gasteiger partial charge >= 0.3 is 5.97 Å². The van der Waals surface area contributed by atoms with Gasteiger partial charge < -0.3 is 24.8 Å². The number of aromatic carboxylic acids is 1. The fourth-order valence-corrected chi connectivity index (χ4v) is 5.78. The molecule has 214 valence electrons. The van der Waals surface area contributed by atoms with Gasteiger partial charge in [-0.15, -0.1) is 0 Å². The van der Waals surface area contributed by atoms with Crippen LogP contribution in [0.5, 0.6) is 0 Å². The van der Waals surface area contributed by atoms with Crippen molar-refractivity contribution in [1.29, 1.82) is 0 Å². The van der Waals surface area contributed by atoms with Crippen LogP contribution in [0, 0.1) is 12.8 Å². The van der Waals surface area contributed by atoms with E-state index in [9.17, 15) is 19.5 Å². The van der Waals surface area contributed by atoms with E-state index < -0.39 is 11.4 Å². The van der Waals surface area contributed by atoms with E-state index in [1.54, 1.807) is 20.1 Å². The minimum Gasteiger partial charge on any atom is -0.477 e. The molecule has 0 aliphatic carbocycles. The summed E-state index contributed by atoms with van der Waals surface area (Å²) in [4.78, 5) is 49.1. The van der Waals surface area contributed by atoms with E-state index >= 15 is 0 Å². The van der Waals surface area contributed by atoms with Crippen molar-refractivity contribution in [2.75, 3.05) is 50.2 Å². The molecule has 5 heterocycles. The van der Waals surface area contributed by atoms with E-state index in [-0.39, 0.29) is 28.8 Å². The Bertz CT molecular complexity index is 1440. The Morgan fingerprint density at radius 2 is 2.10 bits per heavy atom. The van der Waals surface area contributed by atoms with Gasteiger partial charge in [0, 0.05) is 64.1 Å². The van der Waals surface area contributed by atoms with Gasteiger partial charge in [0.1, 0.15) is 17.2 Å². The van der Waals surface area contributed by atoms with Crippen LogP contribution < -0.4 is 15.6 Å². The number of Topliss-reactive ketones (excluding diaryl/α,β-unsaturated/α-hetero) is 1. The number of rotatable bonds is 12. The number of hydrogen-bond donors (Lipinski definition) is 2. The first kappa shape index (κ1) is 28.1. The monoisotopic (exact) mass is 570 g/mol. The highest BCUT2D eigenvalue weighted by Crippen LogP contribution is 2.30. The lowest BCUT2D eigenvalue weighted by Gasteiger charge is -2.39. The van der Waals surface area contributed by atoms with Crippen LogP contribution in [0.25, 0.3) is 16.2 Å². The van der Waals surface area contributed by atoms with Crippen molar-refractivity contribution < 1.29 is 24.2 Å². The van der Waals surface area contributed by atoms with Crippen LogP contribution >= 0.6 is 11.5 Å². The Labute approximate surface area is 235 Å². The van der Waals surface area contributed by atoms with Crippen molar-refractivity contribution in [3.8, 4) is 5.13 Å². The largest absolute Gasteiger partial charge is 0.477 e. The number of ether oxygens (including phenoxy) is 2. The zero-order valence-electron chi connectivity index (χ0n) is 22.7. The standard InChI is InChI=1S/C27H34N6O6S/c1-16-12-21(32-13-17(14-32)20(34)8-7-18-6-3-4-11-39-18)29-24-22(16)23(35)19(25(36)37)15-33(24)27-30-26(31-40-27)28-9-5-10-38-2/h12,15,17-18H,3-11,13-14H2,1-2H3,(H,28,31)(H,36,37). The zero-order chi connectivity index (χ0) is 28.2. The molecule has 0 spiro atoms. The van der Waals surface area contributed by atoms with Gasteiger partial charge in [-0.2, -0.15) is 9.36 Å². The molecule has 2 aliphatic heterocycles. The summed E-state index contributed by atoms with van der Waals surface area (Å²) >= 11 is 1.07. The molecule has 3 aromatic rings. The molecular weight excluding hydrogens is 536 g/mol. The van der Waals surface area contributed by atoms with Gasteiger partial charge in [0.15, 0.2) is 5.65 Å². The first-order valence-electron chi connectivity index (χ1n) is 13.6. The Kier molecular flexibility index (Phi) is 8.72. The Hall–Kier alpha value is -3.42. The number of aryl methyl sites for hydroxylation is 1. The van der Waals surface area contributed by atoms with E-state index in [2.05, 4.69) is 14.7 Å². The molecule has 0 bridgehead atoms. The highest BCUT2D eigenvalue weighted by molar-refractivity contribution is 7.08. The maximum absolute atomic E-state index is 13.1. The van der Waals surface area contributed by atoms with Crippen LogP contribution in [-0.2, 0) is 14.3 Å². The first-order chi connectivity index (χ1) is 19.4. The van der Waals surface area contributed by atoms with E-state index in [0.717, 1.165) is 50.2 Å². The molecule has 40 heavy (non-hydrogen) atoms. The summed E-state index contributed by atoms with van der Waals surface area (Å²) < 4.78 is 16.7. The van der Waals surface area contributed by atoms with Gasteiger partial charge in [0.2, 0.25) is 16.5 Å². The van der Waals surface area contributed by atoms with Crippen LogP contribution in [0.1, 0.15) is 54.4 Å². The molecule has 1 unspecified atom stereocenters. The number of carboxylic acid groups (broad SMARTS) is 1. The van der Waals surface area contributed by atoms with Gasteiger partial charge in [-0.1, -0.05) is 0 Å². The van der Waals surface area contributed by atoms with Crippen molar-refractivity contribution >= 4 is 46.1 Å². The predicted octanol–water partition coefficient (Wildman–Crippen LogP) is 3.05. The topological polar surface area (TPSA) is 149 Å². The molecule has 0 radical (unpaired) electrons. The van der Waals surface area contributed by atoms with E-state index in [1.807, 2.05) is 4.90 Å². The first-order valence-corrected chi connectivity index (χ1v) is 14.4. The van der Waals surface area contributed by atoms with Crippen molar-refractivity contribution in [1.82, 2.24) is 18.9 Å². The summed E-state index contributed by atoms with van der Waals surface area (Å²) in [7, 11) is 1.63. The third kappa shape index (κ3) is 6.01. The number of carbonyl (C=O) groups excluding carboxylic acids is 1. The number of nitrogens with one attached hydrogen (secondary N) is 1. The number of aromatic nitrogens is 4. The molecular formula is C27H34N6O6S. The molecule has 2 N–H and O–H groups in total. The normalized spacial score (nSPS) is 17.6. The molecule has 12 nitrogen and oxygen atoms in total. The second-order valence-electron chi connectivity index (χ2n) is 10.3. The molecule has 1 atom stereocenters. The van der Waals surface area contributed by atoms with Crippen LogP contribution in [0.15, 0.2) is 17.1 Å². The molecule has 3 aromatic heterocycles. The lowest BCUT2D eigenvalue weighted by Crippen LogP contribution is -2.51. The zero-order valence-corrected chi connectivity index (χ0v) is 23.5. The minimum atomic E-state index is -1.32. The summed E-state index contributed by atoms with van der Waals surface area (Å²) in [5, 5.41) is 13.4. The van der Waals surface area contributed by atoms with Gasteiger partial charge in [-0.05, 0) is 50.7 Å². The summed E-state index contributed by atoms with van der Waals surface area (Å²) in [6, 6.07) is 1.78. The third-order valence-corrected chi connectivity index (χ3v) is 8.17. The fourth-order valence-electron chi connectivity index (χ4n) is 5.15. The Balaban J connectivity index is 1.37. The molecule has 0 saturated carbocycles. The quantitative estimate of drug-likeness (QED) is 0.309. The predicted molar refractivity (Wildman–Crippen MR) is 151 cm³/mol. The molecule has 13 heteroatoms. The summed E-state index contributed by atoms with van der Waals surface area (Å²) in [5.41, 5.74) is -0.0596. The molecule has 0 amide bonds. The molecule has 2 saturated heterocycles. The number of nitrogens with zero attached hydrogens (tertiary/aromatic N) is 5. The number of carboxylic acids is 1. The average Bonchev–Trinajstić information content (AvgIpc) is 3.38. The second-order valence-corrected chi connectivity index (χ2v) is 11.0. The van der Waals surface area contributed by atoms with Gasteiger partial charge in [0.25, 0.3) is 0 Å². The number of anilines is 2. The van der Waals surface area contributed by atoms with Crippen LogP contribution in [-0.4, -0.2) is 81.8 Å². The SMILES string of the molecule is COCCCNc1nsc(-n2cc(C(=O)O)c(=O)c3c(C)cc(N4CC(C(=O)CCC5CCCCO5)C4)nc32)n1. The van der Waals surface area contributed by atoms with E-state index in [0.29, 0.717) is 60.8 Å². The smallest absolute Gasteiger partial charge is 0.341 e. The number of hydrogen-bond acceptors (Lipinski definition) is 11. The van der Waals surface area contributed by atoms with Crippen LogP contribution in [0.3, 0.4) is 0 Å². The summed E-state index contributed by atoms with van der Waals surface area (Å²) in [6.07, 6.45) is 6.78. The van der Waals surface area contributed by atoms with E-state index in [1.165, 1.54) is 10.8 Å². The van der Waals surface area contributed by atoms with Crippen molar-refractivity contribution in [2.24, 2.45) is 5.92 Å². The van der Waals surface area contributed by atoms with Crippen LogP contribution in [0.2, 0.25) is 0 Å². The summed E-state index contributed by atoms with van der Waals surface area (Å²) in [6.45, 7) is 4.85. The molecule has 2 aliphatic rings. The maximum atomic E-state index is 13.1. The van der Waals surface area contributed by atoms with Gasteiger partial charge in [-0.3, -0.25) is 14.2 Å². The van der Waals surface area contributed by atoms with Crippen molar-refractivity contribution in [3.05, 3.63) is 33.6 Å². The highest BCUT2D eigenvalue weighted by Gasteiger charge is 2.34. The van der Waals surface area contributed by atoms with Crippen molar-refractivity contribution in [3.63, 3.8) is 0 Å². The lowest BCUT2D eigenvalue weighted by molar-refractivity contribution is -0.124. The number of carbonyl (C=O) groups is 2. The molecule has 0 aromatic carbocycles. The third-order valence-electron chi connectivity index (χ3n) is 7.45. The minimum absolute atomic E-state index is 0.0622. The number of methoxy groups -OCH3 is 1. The fraction of sp³-hybridized carbons (Fsp3) is 0.556. The molecule has 5 rings (SSSR count). The second kappa shape index (κ2) is 12.4. The number of ketones is 1. The molecule has 2 fully saturated rings. The van der Waals surface area contributed by atoms with Crippen LogP contribution in [0.4, 0.5) is 11.8 Å². The van der Waals surface area contributed by atoms with Crippen molar-refractivity contribution in [2.45, 2.75) is 51.6 Å². The Morgan fingerprint density at radius 1 is 1.27 bits per heavy atom.